The molecule has 1 amide bonds. The predicted octanol–water partition coefficient (Wildman–Crippen LogP) is 5.68. The fraction of sp³-hybridized carbons (Fsp3) is 0.214. The Kier molecular flexibility index (Phi) is 6.95. The highest BCUT2D eigenvalue weighted by Crippen LogP contribution is 2.37. The number of aromatic nitrogens is 6. The molecule has 5 heterocycles. The van der Waals surface area contributed by atoms with Gasteiger partial charge in [-0.3, -0.25) is 4.79 Å². The third-order valence-electron chi connectivity index (χ3n) is 6.92. The molecule has 5 aromatic rings. The molecule has 6 rings (SSSR count). The molecule has 1 fully saturated rings. The van der Waals surface area contributed by atoms with E-state index in [2.05, 4.69) is 31.9 Å². The second-order valence-corrected chi connectivity index (χ2v) is 9.75. The van der Waals surface area contributed by atoms with Gasteiger partial charge in [0.15, 0.2) is 17.3 Å². The number of benzene rings is 1. The minimum atomic E-state index is -0.693. The topological polar surface area (TPSA) is 110 Å². The standard InChI is InChI=1S/C28H24ClFN8O2/c1-2-24(39)37-11-3-4-17(9-12-37)19-5-6-21-27(35-19)28(33-15-31-21)36-20-7-8-22(25(29)26(20)30)40-18-10-13-38-23(14-18)32-16-34-38/h2,5-8,10,13-17H,1,3-4,9,11-12H2,(H,31,33,36). The first-order valence-electron chi connectivity index (χ1n) is 12.8. The van der Waals surface area contributed by atoms with Gasteiger partial charge < -0.3 is 15.0 Å². The first-order valence-corrected chi connectivity index (χ1v) is 13.1. The van der Waals surface area contributed by atoms with Gasteiger partial charge >= 0.3 is 0 Å². The Morgan fingerprint density at radius 1 is 1.12 bits per heavy atom. The van der Waals surface area contributed by atoms with Crippen molar-refractivity contribution in [2.45, 2.75) is 25.2 Å². The molecule has 0 aliphatic carbocycles. The second-order valence-electron chi connectivity index (χ2n) is 9.37. The van der Waals surface area contributed by atoms with Gasteiger partial charge in [0.2, 0.25) is 5.91 Å². The van der Waals surface area contributed by atoms with E-state index in [4.69, 9.17) is 21.3 Å². The molecule has 1 unspecified atom stereocenters. The summed E-state index contributed by atoms with van der Waals surface area (Å²) in [6.07, 6.45) is 8.41. The predicted molar refractivity (Wildman–Crippen MR) is 148 cm³/mol. The van der Waals surface area contributed by atoms with Crippen molar-refractivity contribution in [1.82, 2.24) is 34.4 Å². The summed E-state index contributed by atoms with van der Waals surface area (Å²) in [4.78, 5) is 31.5. The van der Waals surface area contributed by atoms with Crippen molar-refractivity contribution >= 4 is 45.7 Å². The van der Waals surface area contributed by atoms with E-state index < -0.39 is 5.82 Å². The largest absolute Gasteiger partial charge is 0.455 e. The van der Waals surface area contributed by atoms with Crippen molar-refractivity contribution in [2.24, 2.45) is 0 Å². The molecule has 202 valence electrons. The molecule has 0 radical (unpaired) electrons. The molecule has 1 aliphatic heterocycles. The van der Waals surface area contributed by atoms with Crippen LogP contribution in [-0.2, 0) is 4.79 Å². The summed E-state index contributed by atoms with van der Waals surface area (Å²) >= 11 is 6.36. The summed E-state index contributed by atoms with van der Waals surface area (Å²) in [5.74, 6) is 0.363. The highest BCUT2D eigenvalue weighted by Gasteiger charge is 2.22. The van der Waals surface area contributed by atoms with Crippen molar-refractivity contribution in [2.75, 3.05) is 18.4 Å². The first-order chi connectivity index (χ1) is 19.5. The number of carbonyl (C=O) groups is 1. The average Bonchev–Trinajstić information content (AvgIpc) is 3.31. The van der Waals surface area contributed by atoms with Gasteiger partial charge in [-0.25, -0.2) is 28.8 Å². The van der Waals surface area contributed by atoms with Crippen LogP contribution >= 0.6 is 11.6 Å². The molecule has 0 spiro atoms. The number of amides is 1. The van der Waals surface area contributed by atoms with Gasteiger partial charge in [0.05, 0.1) is 11.2 Å². The summed E-state index contributed by atoms with van der Waals surface area (Å²) < 4.78 is 22.8. The molecule has 1 atom stereocenters. The van der Waals surface area contributed by atoms with Gasteiger partial charge in [-0.05, 0) is 55.7 Å². The van der Waals surface area contributed by atoms with Gasteiger partial charge in [0, 0.05) is 37.0 Å². The highest BCUT2D eigenvalue weighted by molar-refractivity contribution is 6.32. The van der Waals surface area contributed by atoms with Crippen molar-refractivity contribution < 1.29 is 13.9 Å². The number of halogens is 2. The minimum absolute atomic E-state index is 0.0551. The molecule has 40 heavy (non-hydrogen) atoms. The van der Waals surface area contributed by atoms with E-state index in [0.717, 1.165) is 25.0 Å². The lowest BCUT2D eigenvalue weighted by Crippen LogP contribution is -2.30. The average molecular weight is 559 g/mol. The van der Waals surface area contributed by atoms with E-state index in [-0.39, 0.29) is 28.3 Å². The van der Waals surface area contributed by atoms with Crippen LogP contribution in [0, 0.1) is 5.82 Å². The molecule has 1 aliphatic rings. The molecule has 4 aromatic heterocycles. The van der Waals surface area contributed by atoms with E-state index in [9.17, 15) is 4.79 Å². The Bertz CT molecular complexity index is 1740. The van der Waals surface area contributed by atoms with Gasteiger partial charge in [0.1, 0.15) is 34.7 Å². The lowest BCUT2D eigenvalue weighted by Gasteiger charge is -2.18. The monoisotopic (exact) mass is 558 g/mol. The number of likely N-dealkylation sites (tertiary alicyclic amines) is 1. The summed E-state index contributed by atoms with van der Waals surface area (Å²) in [7, 11) is 0. The van der Waals surface area contributed by atoms with Crippen LogP contribution in [0.1, 0.15) is 30.9 Å². The Labute approximate surface area is 233 Å². The van der Waals surface area contributed by atoms with Crippen LogP contribution in [0.25, 0.3) is 16.7 Å². The molecule has 1 saturated heterocycles. The second kappa shape index (κ2) is 10.9. The van der Waals surface area contributed by atoms with Crippen molar-refractivity contribution in [3.8, 4) is 11.5 Å². The van der Waals surface area contributed by atoms with Crippen LogP contribution in [0.2, 0.25) is 5.02 Å². The summed E-state index contributed by atoms with van der Waals surface area (Å²) in [6.45, 7) is 4.92. The molecule has 0 saturated carbocycles. The molecule has 1 N–H and O–H groups in total. The minimum Gasteiger partial charge on any atom is -0.455 e. The summed E-state index contributed by atoms with van der Waals surface area (Å²) in [5, 5.41) is 6.88. The van der Waals surface area contributed by atoms with Crippen LogP contribution in [0.3, 0.4) is 0 Å². The van der Waals surface area contributed by atoms with Crippen molar-refractivity contribution in [1.29, 1.82) is 0 Å². The normalized spacial score (nSPS) is 15.7. The Morgan fingerprint density at radius 2 is 2.02 bits per heavy atom. The zero-order chi connectivity index (χ0) is 27.6. The van der Waals surface area contributed by atoms with E-state index >= 15 is 4.39 Å². The number of pyridine rings is 2. The summed E-state index contributed by atoms with van der Waals surface area (Å²) in [5.41, 5.74) is 2.71. The molecular formula is C28H24ClFN8O2. The van der Waals surface area contributed by atoms with Crippen LogP contribution < -0.4 is 10.1 Å². The first kappa shape index (κ1) is 25.6. The molecule has 0 bridgehead atoms. The number of hydrogen-bond donors (Lipinski definition) is 1. The number of fused-ring (bicyclic) bond motifs is 2. The Morgan fingerprint density at radius 3 is 2.90 bits per heavy atom. The number of rotatable bonds is 6. The number of hydrogen-bond acceptors (Lipinski definition) is 8. The highest BCUT2D eigenvalue weighted by atomic mass is 35.5. The number of carbonyl (C=O) groups excluding carboxylic acids is 1. The summed E-state index contributed by atoms with van der Waals surface area (Å²) in [6, 6.07) is 10.3. The maximum atomic E-state index is 15.4. The number of ether oxygens (including phenoxy) is 1. The van der Waals surface area contributed by atoms with Crippen LogP contribution in [0.5, 0.6) is 11.5 Å². The SMILES string of the molecule is C=CC(=O)N1CCCC(c2ccc3ncnc(Nc4ccc(Oc5ccn6ncnc6c5)c(Cl)c4F)c3n2)CC1. The molecule has 1 aromatic carbocycles. The van der Waals surface area contributed by atoms with Gasteiger partial charge in [-0.1, -0.05) is 18.2 Å². The Hall–Kier alpha value is -4.64. The zero-order valence-electron chi connectivity index (χ0n) is 21.3. The van der Waals surface area contributed by atoms with E-state index in [1.165, 1.54) is 24.8 Å². The smallest absolute Gasteiger partial charge is 0.245 e. The fourth-order valence-corrected chi connectivity index (χ4v) is 5.04. The number of nitrogens with zero attached hydrogens (tertiary/aromatic N) is 7. The fourth-order valence-electron chi connectivity index (χ4n) is 4.84. The quantitative estimate of drug-likeness (QED) is 0.265. The maximum absolute atomic E-state index is 15.4. The third kappa shape index (κ3) is 5.03. The van der Waals surface area contributed by atoms with Crippen LogP contribution in [0.15, 0.2) is 67.9 Å². The molecule has 12 heteroatoms. The maximum Gasteiger partial charge on any atom is 0.245 e. The zero-order valence-corrected chi connectivity index (χ0v) is 22.1. The third-order valence-corrected chi connectivity index (χ3v) is 7.27. The lowest BCUT2D eigenvalue weighted by molar-refractivity contribution is -0.125. The van der Waals surface area contributed by atoms with E-state index in [0.29, 0.717) is 41.3 Å². The van der Waals surface area contributed by atoms with Crippen LogP contribution in [0.4, 0.5) is 15.9 Å². The van der Waals surface area contributed by atoms with Crippen molar-refractivity contribution in [3.63, 3.8) is 0 Å². The molecular weight excluding hydrogens is 535 g/mol. The van der Waals surface area contributed by atoms with Crippen molar-refractivity contribution in [3.05, 3.63) is 84.4 Å². The van der Waals surface area contributed by atoms with Gasteiger partial charge in [0.25, 0.3) is 0 Å². The van der Waals surface area contributed by atoms with Gasteiger partial charge in [-0.15, -0.1) is 0 Å². The van der Waals surface area contributed by atoms with Crippen LogP contribution in [-0.4, -0.2) is 53.4 Å². The van der Waals surface area contributed by atoms with Gasteiger partial charge in [-0.2, -0.15) is 5.10 Å². The molecule has 10 nitrogen and oxygen atoms in total. The number of nitrogens with one attached hydrogen (secondary N) is 1. The van der Waals surface area contributed by atoms with E-state index in [1.54, 1.807) is 28.9 Å². The number of anilines is 2. The lowest BCUT2D eigenvalue weighted by atomic mass is 9.96. The van der Waals surface area contributed by atoms with E-state index in [1.807, 2.05) is 17.0 Å². The Balaban J connectivity index is 1.25.